The predicted molar refractivity (Wildman–Crippen MR) is 76.1 cm³/mol. The van der Waals surface area contributed by atoms with Crippen molar-refractivity contribution in [2.75, 3.05) is 18.9 Å². The van der Waals surface area contributed by atoms with Crippen molar-refractivity contribution in [1.29, 1.82) is 0 Å². The van der Waals surface area contributed by atoms with Crippen molar-refractivity contribution in [3.8, 4) is 0 Å². The van der Waals surface area contributed by atoms with Crippen LogP contribution in [0.2, 0.25) is 0 Å². The molecule has 5 nitrogen and oxygen atoms in total. The number of para-hydroxylation sites is 1. The van der Waals surface area contributed by atoms with Gasteiger partial charge in [0.15, 0.2) is 0 Å². The minimum Gasteiger partial charge on any atom is -0.350 e. The second-order valence-corrected chi connectivity index (χ2v) is 5.32. The van der Waals surface area contributed by atoms with E-state index in [1.54, 1.807) is 0 Å². The molecule has 19 heavy (non-hydrogen) atoms. The van der Waals surface area contributed by atoms with E-state index in [-0.39, 0.29) is 0 Å². The Labute approximate surface area is 113 Å². The minimum absolute atomic E-state index is 0.439. The molecule has 1 aromatic carbocycles. The van der Waals surface area contributed by atoms with Gasteiger partial charge < -0.3 is 10.2 Å². The Morgan fingerprint density at radius 2 is 2.00 bits per heavy atom. The van der Waals surface area contributed by atoms with E-state index in [9.17, 15) is 0 Å². The van der Waals surface area contributed by atoms with Crippen molar-refractivity contribution in [2.24, 2.45) is 0 Å². The molecule has 2 heterocycles. The van der Waals surface area contributed by atoms with Gasteiger partial charge in [0, 0.05) is 18.6 Å². The number of benzene rings is 1. The summed E-state index contributed by atoms with van der Waals surface area (Å²) in [6.07, 6.45) is 2.24. The molecule has 2 aromatic rings. The van der Waals surface area contributed by atoms with E-state index < -0.39 is 0 Å². The van der Waals surface area contributed by atoms with Gasteiger partial charge in [-0.15, -0.1) is 10.2 Å². The Morgan fingerprint density at radius 3 is 2.79 bits per heavy atom. The molecule has 2 atom stereocenters. The van der Waals surface area contributed by atoms with Crippen LogP contribution in [0.15, 0.2) is 24.3 Å². The number of anilines is 1. The number of rotatable bonds is 2. The molecule has 1 aliphatic heterocycles. The maximum absolute atomic E-state index is 4.52. The Bertz CT molecular complexity index is 571. The lowest BCUT2D eigenvalue weighted by Crippen LogP contribution is -2.42. The third-order valence-corrected chi connectivity index (χ3v) is 3.90. The van der Waals surface area contributed by atoms with Crippen LogP contribution in [0.25, 0.3) is 11.0 Å². The summed E-state index contributed by atoms with van der Waals surface area (Å²) < 4.78 is 0. The Balaban J connectivity index is 1.74. The minimum atomic E-state index is 0.439. The molecule has 0 radical (unpaired) electrons. The third kappa shape index (κ3) is 2.66. The highest BCUT2D eigenvalue weighted by Gasteiger charge is 2.23. The average molecular weight is 257 g/mol. The summed E-state index contributed by atoms with van der Waals surface area (Å²) >= 11 is 0. The predicted octanol–water partition coefficient (Wildman–Crippen LogP) is 1.92. The monoisotopic (exact) mass is 257 g/mol. The van der Waals surface area contributed by atoms with E-state index in [1.165, 1.54) is 0 Å². The highest BCUT2D eigenvalue weighted by atomic mass is 15.3. The maximum atomic E-state index is 4.52. The zero-order valence-electron chi connectivity index (χ0n) is 11.4. The first-order chi connectivity index (χ1) is 9.22. The molecule has 1 fully saturated rings. The Hall–Kier alpha value is -1.75. The van der Waals surface area contributed by atoms with Gasteiger partial charge >= 0.3 is 0 Å². The number of hydrogen-bond donors (Lipinski definition) is 1. The molecule has 0 amide bonds. The lowest BCUT2D eigenvalue weighted by Gasteiger charge is -2.35. The normalized spacial score (nSPS) is 24.5. The van der Waals surface area contributed by atoms with Gasteiger partial charge in [-0.05, 0) is 38.9 Å². The SMILES string of the molecule is CC1CC(Nc2nnc3ccccc3n2)CCN1C. The zero-order chi connectivity index (χ0) is 13.2. The van der Waals surface area contributed by atoms with Crippen molar-refractivity contribution < 1.29 is 0 Å². The van der Waals surface area contributed by atoms with Gasteiger partial charge in [-0.1, -0.05) is 12.1 Å². The maximum Gasteiger partial charge on any atom is 0.243 e. The van der Waals surface area contributed by atoms with Crippen LogP contribution in [-0.2, 0) is 0 Å². The number of aromatic nitrogens is 3. The molecule has 0 bridgehead atoms. The fourth-order valence-corrected chi connectivity index (χ4v) is 2.55. The number of nitrogens with one attached hydrogen (secondary N) is 1. The van der Waals surface area contributed by atoms with Crippen molar-refractivity contribution in [3.63, 3.8) is 0 Å². The Morgan fingerprint density at radius 1 is 1.21 bits per heavy atom. The second kappa shape index (κ2) is 5.09. The second-order valence-electron chi connectivity index (χ2n) is 5.32. The fraction of sp³-hybridized carbons (Fsp3) is 0.500. The van der Waals surface area contributed by atoms with Gasteiger partial charge in [0.25, 0.3) is 0 Å². The largest absolute Gasteiger partial charge is 0.350 e. The standard InChI is InChI=1S/C14H19N5/c1-10-9-11(7-8-19(10)2)15-14-16-12-5-3-4-6-13(12)17-18-14/h3-6,10-11H,7-9H2,1-2H3,(H,15,16,18). The van der Waals surface area contributed by atoms with Crippen LogP contribution in [0.1, 0.15) is 19.8 Å². The van der Waals surface area contributed by atoms with Crippen LogP contribution in [0, 0.1) is 0 Å². The molecule has 0 aliphatic carbocycles. The van der Waals surface area contributed by atoms with Crippen molar-refractivity contribution >= 4 is 17.0 Å². The number of hydrogen-bond acceptors (Lipinski definition) is 5. The molecule has 3 rings (SSSR count). The molecule has 0 saturated carbocycles. The van der Waals surface area contributed by atoms with Gasteiger partial charge in [-0.3, -0.25) is 0 Å². The molecule has 1 aromatic heterocycles. The molecule has 2 unspecified atom stereocenters. The number of nitrogens with zero attached hydrogens (tertiary/aromatic N) is 4. The Kier molecular flexibility index (Phi) is 3.29. The summed E-state index contributed by atoms with van der Waals surface area (Å²) in [5.41, 5.74) is 1.73. The molecular formula is C14H19N5. The van der Waals surface area contributed by atoms with Crippen molar-refractivity contribution in [1.82, 2.24) is 20.1 Å². The van der Waals surface area contributed by atoms with Crippen molar-refractivity contribution in [3.05, 3.63) is 24.3 Å². The van der Waals surface area contributed by atoms with E-state index >= 15 is 0 Å². The van der Waals surface area contributed by atoms with E-state index in [2.05, 4.69) is 39.4 Å². The van der Waals surface area contributed by atoms with E-state index in [1.807, 2.05) is 24.3 Å². The first kappa shape index (κ1) is 12.3. The number of fused-ring (bicyclic) bond motifs is 1. The highest BCUT2D eigenvalue weighted by Crippen LogP contribution is 2.18. The summed E-state index contributed by atoms with van der Waals surface area (Å²) in [7, 11) is 2.18. The zero-order valence-corrected chi connectivity index (χ0v) is 11.4. The molecular weight excluding hydrogens is 238 g/mol. The topological polar surface area (TPSA) is 53.9 Å². The average Bonchev–Trinajstić information content (AvgIpc) is 2.43. The van der Waals surface area contributed by atoms with Gasteiger partial charge in [-0.2, -0.15) is 0 Å². The summed E-state index contributed by atoms with van der Waals surface area (Å²) in [4.78, 5) is 6.90. The first-order valence-electron chi connectivity index (χ1n) is 6.78. The summed E-state index contributed by atoms with van der Waals surface area (Å²) in [6.45, 7) is 3.37. The molecule has 5 heteroatoms. The lowest BCUT2D eigenvalue weighted by atomic mass is 9.99. The molecule has 0 spiro atoms. The molecule has 100 valence electrons. The van der Waals surface area contributed by atoms with Crippen LogP contribution < -0.4 is 5.32 Å². The van der Waals surface area contributed by atoms with Gasteiger partial charge in [0.2, 0.25) is 5.95 Å². The summed E-state index contributed by atoms with van der Waals surface area (Å²) in [6, 6.07) is 8.85. The van der Waals surface area contributed by atoms with Crippen LogP contribution in [0.4, 0.5) is 5.95 Å². The smallest absolute Gasteiger partial charge is 0.243 e. The summed E-state index contributed by atoms with van der Waals surface area (Å²) in [5, 5.41) is 11.8. The third-order valence-electron chi connectivity index (χ3n) is 3.90. The lowest BCUT2D eigenvalue weighted by molar-refractivity contribution is 0.190. The van der Waals surface area contributed by atoms with E-state index in [0.29, 0.717) is 18.0 Å². The summed E-state index contributed by atoms with van der Waals surface area (Å²) in [5.74, 6) is 0.639. The van der Waals surface area contributed by atoms with Gasteiger partial charge in [0.1, 0.15) is 5.52 Å². The van der Waals surface area contributed by atoms with Gasteiger partial charge in [0.05, 0.1) is 5.52 Å². The quantitative estimate of drug-likeness (QED) is 0.890. The highest BCUT2D eigenvalue weighted by molar-refractivity contribution is 5.74. The van der Waals surface area contributed by atoms with Crippen molar-refractivity contribution in [2.45, 2.75) is 31.8 Å². The van der Waals surface area contributed by atoms with E-state index in [4.69, 9.17) is 0 Å². The molecule has 1 saturated heterocycles. The molecule has 1 N–H and O–H groups in total. The molecule has 1 aliphatic rings. The van der Waals surface area contributed by atoms with Gasteiger partial charge in [-0.25, -0.2) is 4.98 Å². The van der Waals surface area contributed by atoms with Crippen LogP contribution in [0.3, 0.4) is 0 Å². The van der Waals surface area contributed by atoms with Crippen LogP contribution in [0.5, 0.6) is 0 Å². The number of piperidine rings is 1. The first-order valence-corrected chi connectivity index (χ1v) is 6.78. The van der Waals surface area contributed by atoms with E-state index in [0.717, 1.165) is 30.4 Å². The van der Waals surface area contributed by atoms with Crippen LogP contribution >= 0.6 is 0 Å². The fourth-order valence-electron chi connectivity index (χ4n) is 2.55. The number of likely N-dealkylation sites (tertiary alicyclic amines) is 1. The van der Waals surface area contributed by atoms with Crippen LogP contribution in [-0.4, -0.2) is 45.8 Å².